The number of carboxylic acid groups (broad SMARTS) is 1. The molecule has 2 fully saturated rings. The number of halogens is 1. The Morgan fingerprint density at radius 3 is 2.82 bits per heavy atom. The van der Waals surface area contributed by atoms with Gasteiger partial charge in [-0.15, -0.1) is 21.5 Å². The summed E-state index contributed by atoms with van der Waals surface area (Å²) in [5.74, 6) is 7.91. The molecule has 2 aromatic carbocycles. The first-order valence-corrected chi connectivity index (χ1v) is 18.2. The fourth-order valence-electron chi connectivity index (χ4n) is 6.69. The highest BCUT2D eigenvalue weighted by atomic mass is 32.1. The van der Waals surface area contributed by atoms with Crippen LogP contribution in [0.3, 0.4) is 0 Å². The van der Waals surface area contributed by atoms with Gasteiger partial charge in [-0.2, -0.15) is 0 Å². The van der Waals surface area contributed by atoms with Crippen LogP contribution in [0.2, 0.25) is 0 Å². The molecule has 2 aliphatic heterocycles. The fourth-order valence-corrected chi connectivity index (χ4v) is 8.68. The lowest BCUT2D eigenvalue weighted by Gasteiger charge is -2.28. The second-order valence-electron chi connectivity index (χ2n) is 12.8. The maximum absolute atomic E-state index is 14.8. The lowest BCUT2D eigenvalue weighted by atomic mass is 10.0. The van der Waals surface area contributed by atoms with E-state index in [4.69, 9.17) is 4.74 Å². The Labute approximate surface area is 291 Å². The molecule has 0 spiro atoms. The van der Waals surface area contributed by atoms with E-state index in [0.29, 0.717) is 53.1 Å². The number of hydrogen-bond donors (Lipinski definition) is 2. The van der Waals surface area contributed by atoms with E-state index in [-0.39, 0.29) is 18.1 Å². The number of rotatable bonds is 10. The number of ether oxygens (including phenoxy) is 1. The van der Waals surface area contributed by atoms with E-state index in [2.05, 4.69) is 42.2 Å². The van der Waals surface area contributed by atoms with Crippen LogP contribution in [0.4, 0.5) is 26.3 Å². The van der Waals surface area contributed by atoms with Crippen molar-refractivity contribution >= 4 is 60.8 Å². The Bertz CT molecular complexity index is 2080. The molecular weight excluding hydrogens is 662 g/mol. The van der Waals surface area contributed by atoms with Crippen LogP contribution in [0.1, 0.15) is 51.3 Å². The van der Waals surface area contributed by atoms with Crippen molar-refractivity contribution in [3.63, 3.8) is 0 Å². The van der Waals surface area contributed by atoms with Crippen LogP contribution in [-0.2, 0) is 12.8 Å². The molecule has 2 atom stereocenters. The molecule has 0 radical (unpaired) electrons. The zero-order valence-electron chi connectivity index (χ0n) is 26.9. The molecule has 1 aliphatic carbocycles. The largest absolute Gasteiger partial charge is 0.491 e. The first kappa shape index (κ1) is 31.6. The van der Waals surface area contributed by atoms with Crippen molar-refractivity contribution < 1.29 is 19.0 Å². The molecule has 3 aromatic heterocycles. The second kappa shape index (κ2) is 13.3. The van der Waals surface area contributed by atoms with Gasteiger partial charge in [0, 0.05) is 41.2 Å². The number of aromatic carboxylic acids is 1. The SMILES string of the molecule is Cc1c(Nc2nc3ccccc3s2)nnc2c1CCCN2c1nc(C(=O)O)c(CCCOc2ccc(C#CCN3C[C@H]4C[C@H]4C3)cc2F)s1. The van der Waals surface area contributed by atoms with Crippen molar-refractivity contribution in [2.45, 2.75) is 39.0 Å². The van der Waals surface area contributed by atoms with Crippen LogP contribution >= 0.6 is 22.7 Å². The van der Waals surface area contributed by atoms with Crippen LogP contribution in [0.25, 0.3) is 10.2 Å². The van der Waals surface area contributed by atoms with E-state index >= 15 is 0 Å². The quantitative estimate of drug-likeness (QED) is 0.119. The highest BCUT2D eigenvalue weighted by molar-refractivity contribution is 7.22. The van der Waals surface area contributed by atoms with Gasteiger partial charge in [-0.25, -0.2) is 19.2 Å². The lowest BCUT2D eigenvalue weighted by molar-refractivity contribution is 0.0690. The maximum Gasteiger partial charge on any atom is 0.355 e. The number of aryl methyl sites for hydroxylation is 1. The molecule has 49 heavy (non-hydrogen) atoms. The minimum atomic E-state index is -1.09. The number of carbonyl (C=O) groups is 1. The summed E-state index contributed by atoms with van der Waals surface area (Å²) in [6.07, 6.45) is 3.97. The standard InChI is InChI=1S/C36H34FN7O3S2/c1-21-25-8-5-15-44(33(25)42-41-32(21)40-35-38-27-9-2-3-10-29(27)48-35)36-39-31(34(45)46)30(49-36)11-6-16-47-28-13-12-22(17-26(28)37)7-4-14-43-19-23-18-24(23)20-43/h2-3,9-10,12-13,17,23-24H,5-6,8,11,14-16,18-20H2,1H3,(H,45,46)(H,38,40,41)/t23-,24+. The number of anilines is 4. The van der Waals surface area contributed by atoms with Gasteiger partial charge in [0.25, 0.3) is 0 Å². The normalized spacial score (nSPS) is 18.1. The van der Waals surface area contributed by atoms with Crippen LogP contribution in [0.5, 0.6) is 5.75 Å². The minimum Gasteiger partial charge on any atom is -0.491 e. The molecule has 13 heteroatoms. The molecule has 2 N–H and O–H groups in total. The monoisotopic (exact) mass is 695 g/mol. The van der Waals surface area contributed by atoms with Gasteiger partial charge >= 0.3 is 5.97 Å². The average Bonchev–Trinajstić information content (AvgIpc) is 3.41. The molecule has 5 aromatic rings. The zero-order chi connectivity index (χ0) is 33.5. The highest BCUT2D eigenvalue weighted by Gasteiger charge is 2.44. The van der Waals surface area contributed by atoms with Gasteiger partial charge in [0.15, 0.2) is 39.2 Å². The number of fused-ring (bicyclic) bond motifs is 3. The number of para-hydroxylation sites is 1. The number of piperidine rings is 1. The lowest BCUT2D eigenvalue weighted by Crippen LogP contribution is -2.27. The van der Waals surface area contributed by atoms with Crippen LogP contribution in [0, 0.1) is 36.4 Å². The van der Waals surface area contributed by atoms with Gasteiger partial charge in [-0.3, -0.25) is 4.90 Å². The van der Waals surface area contributed by atoms with Crippen molar-refractivity contribution in [2.75, 3.05) is 43.0 Å². The number of likely N-dealkylation sites (tertiary alicyclic amines) is 1. The van der Waals surface area contributed by atoms with E-state index in [1.165, 1.54) is 23.8 Å². The molecule has 0 unspecified atom stereocenters. The van der Waals surface area contributed by atoms with E-state index in [9.17, 15) is 14.3 Å². The Hall–Kier alpha value is -4.64. The first-order chi connectivity index (χ1) is 23.9. The van der Waals surface area contributed by atoms with E-state index in [1.54, 1.807) is 23.5 Å². The maximum atomic E-state index is 14.8. The van der Waals surface area contributed by atoms with Crippen molar-refractivity contribution in [2.24, 2.45) is 11.8 Å². The number of carboxylic acids is 1. The highest BCUT2D eigenvalue weighted by Crippen LogP contribution is 2.44. The van der Waals surface area contributed by atoms with Gasteiger partial charge in [0.05, 0.1) is 23.4 Å². The summed E-state index contributed by atoms with van der Waals surface area (Å²) in [5, 5.41) is 23.7. The Balaban J connectivity index is 0.907. The number of nitrogens with zero attached hydrogens (tertiary/aromatic N) is 6. The number of hydrogen-bond acceptors (Lipinski definition) is 11. The Morgan fingerprint density at radius 1 is 1.14 bits per heavy atom. The molecule has 10 nitrogen and oxygen atoms in total. The van der Waals surface area contributed by atoms with Gasteiger partial charge in [0.2, 0.25) is 0 Å². The molecule has 0 amide bonds. The number of aromatic nitrogens is 4. The molecule has 250 valence electrons. The second-order valence-corrected chi connectivity index (χ2v) is 14.9. The number of benzene rings is 2. The Morgan fingerprint density at radius 2 is 2.00 bits per heavy atom. The summed E-state index contributed by atoms with van der Waals surface area (Å²) >= 11 is 2.90. The van der Waals surface area contributed by atoms with E-state index in [1.807, 2.05) is 36.1 Å². The first-order valence-electron chi connectivity index (χ1n) is 16.5. The van der Waals surface area contributed by atoms with E-state index < -0.39 is 11.8 Å². The van der Waals surface area contributed by atoms with Gasteiger partial charge < -0.3 is 20.1 Å². The third-order valence-corrected chi connectivity index (χ3v) is 11.4. The molecule has 5 heterocycles. The van der Waals surface area contributed by atoms with Crippen LogP contribution < -0.4 is 15.0 Å². The third kappa shape index (κ3) is 6.68. The topological polar surface area (TPSA) is 117 Å². The van der Waals surface area contributed by atoms with E-state index in [0.717, 1.165) is 64.2 Å². The van der Waals surface area contributed by atoms with Gasteiger partial charge in [-0.05, 0) is 81.2 Å². The predicted octanol–water partition coefficient (Wildman–Crippen LogP) is 6.83. The molecule has 1 saturated heterocycles. The summed E-state index contributed by atoms with van der Waals surface area (Å²) in [5.41, 5.74) is 3.60. The average molecular weight is 696 g/mol. The van der Waals surface area contributed by atoms with Gasteiger partial charge in [0.1, 0.15) is 0 Å². The zero-order valence-corrected chi connectivity index (χ0v) is 28.5. The molecular formula is C36H34FN7O3S2. The van der Waals surface area contributed by atoms with Crippen molar-refractivity contribution in [3.8, 4) is 17.6 Å². The molecule has 8 rings (SSSR count). The van der Waals surface area contributed by atoms with Crippen molar-refractivity contribution in [3.05, 3.63) is 75.5 Å². The van der Waals surface area contributed by atoms with Crippen LogP contribution in [0.15, 0.2) is 42.5 Å². The van der Waals surface area contributed by atoms with Crippen molar-refractivity contribution in [1.29, 1.82) is 0 Å². The van der Waals surface area contributed by atoms with Crippen LogP contribution in [-0.4, -0.2) is 68.9 Å². The summed E-state index contributed by atoms with van der Waals surface area (Å²) < 4.78 is 21.6. The summed E-state index contributed by atoms with van der Waals surface area (Å²) in [6.45, 7) is 5.87. The molecule has 0 bridgehead atoms. The summed E-state index contributed by atoms with van der Waals surface area (Å²) in [4.78, 5) is 26.3. The molecule has 1 saturated carbocycles. The number of nitrogens with one attached hydrogen (secondary N) is 1. The Kier molecular flexibility index (Phi) is 8.61. The summed E-state index contributed by atoms with van der Waals surface area (Å²) in [6, 6.07) is 12.8. The molecule has 3 aliphatic rings. The number of thiazole rings is 2. The minimum absolute atomic E-state index is 0.0194. The smallest absolute Gasteiger partial charge is 0.355 e. The van der Waals surface area contributed by atoms with Gasteiger partial charge in [-0.1, -0.05) is 35.3 Å². The summed E-state index contributed by atoms with van der Waals surface area (Å²) in [7, 11) is 0. The van der Waals surface area contributed by atoms with Crippen molar-refractivity contribution in [1.82, 2.24) is 25.1 Å². The predicted molar refractivity (Wildman–Crippen MR) is 189 cm³/mol. The fraction of sp³-hybridized carbons (Fsp3) is 0.361. The third-order valence-electron chi connectivity index (χ3n) is 9.35.